The summed E-state index contributed by atoms with van der Waals surface area (Å²) in [6, 6.07) is 6.36. The zero-order chi connectivity index (χ0) is 11.3. The first-order chi connectivity index (χ1) is 7.60. The van der Waals surface area contributed by atoms with E-state index in [1.54, 1.807) is 0 Å². The van der Waals surface area contributed by atoms with Crippen molar-refractivity contribution in [1.29, 1.82) is 0 Å². The van der Waals surface area contributed by atoms with E-state index in [0.717, 1.165) is 5.52 Å². The van der Waals surface area contributed by atoms with E-state index >= 15 is 0 Å². The van der Waals surface area contributed by atoms with Gasteiger partial charge < -0.3 is 10.3 Å². The van der Waals surface area contributed by atoms with Gasteiger partial charge in [-0.25, -0.2) is 4.98 Å². The fourth-order valence-electron chi connectivity index (χ4n) is 2.69. The number of hydrogen-bond acceptors (Lipinski definition) is 2. The van der Waals surface area contributed by atoms with Crippen molar-refractivity contribution < 1.29 is 0 Å². The summed E-state index contributed by atoms with van der Waals surface area (Å²) in [5, 5.41) is 0. The summed E-state index contributed by atoms with van der Waals surface area (Å²) < 4.78 is 2.21. The van der Waals surface area contributed by atoms with Gasteiger partial charge in [-0.1, -0.05) is 6.07 Å². The molecule has 3 rings (SSSR count). The van der Waals surface area contributed by atoms with Crippen LogP contribution in [0.4, 0.5) is 5.95 Å². The van der Waals surface area contributed by atoms with Crippen molar-refractivity contribution in [1.82, 2.24) is 9.55 Å². The average Bonchev–Trinajstić information content (AvgIpc) is 2.50. The first-order valence-electron chi connectivity index (χ1n) is 5.85. The molecule has 0 unspecified atom stereocenters. The Labute approximate surface area is 95.3 Å². The number of nitrogens with two attached hydrogens (primary N) is 1. The summed E-state index contributed by atoms with van der Waals surface area (Å²) in [7, 11) is 0. The molecule has 0 radical (unpaired) electrons. The Morgan fingerprint density at radius 2 is 2.12 bits per heavy atom. The van der Waals surface area contributed by atoms with E-state index in [1.807, 2.05) is 0 Å². The molecule has 1 aromatic heterocycles. The lowest BCUT2D eigenvalue weighted by atomic mass is 9.78. The molecule has 0 amide bonds. The Morgan fingerprint density at radius 3 is 2.75 bits per heavy atom. The van der Waals surface area contributed by atoms with E-state index in [0.29, 0.717) is 5.95 Å². The predicted molar refractivity (Wildman–Crippen MR) is 66.4 cm³/mol. The normalized spacial score (nSPS) is 18.6. The molecule has 0 spiro atoms. The highest BCUT2D eigenvalue weighted by Crippen LogP contribution is 2.42. The number of anilines is 1. The van der Waals surface area contributed by atoms with E-state index in [2.05, 4.69) is 41.6 Å². The van der Waals surface area contributed by atoms with Crippen molar-refractivity contribution in [3.05, 3.63) is 23.8 Å². The molecular formula is C13H17N3. The number of hydrogen-bond donors (Lipinski definition) is 1. The fraction of sp³-hybridized carbons (Fsp3) is 0.462. The minimum absolute atomic E-state index is 0.189. The van der Waals surface area contributed by atoms with Gasteiger partial charge in [-0.05, 0) is 50.8 Å². The van der Waals surface area contributed by atoms with Crippen LogP contribution in [-0.2, 0) is 5.54 Å². The maximum atomic E-state index is 6.05. The minimum Gasteiger partial charge on any atom is -0.369 e. The van der Waals surface area contributed by atoms with Gasteiger partial charge in [0.05, 0.1) is 11.0 Å². The molecule has 2 aromatic rings. The molecule has 0 bridgehead atoms. The second-order valence-corrected chi connectivity index (χ2v) is 5.15. The van der Waals surface area contributed by atoms with E-state index in [-0.39, 0.29) is 5.54 Å². The Balaban J connectivity index is 2.27. The molecule has 3 heteroatoms. The number of aromatic nitrogens is 2. The van der Waals surface area contributed by atoms with Gasteiger partial charge in [-0.3, -0.25) is 0 Å². The molecule has 0 aliphatic heterocycles. The molecule has 0 saturated heterocycles. The molecule has 16 heavy (non-hydrogen) atoms. The van der Waals surface area contributed by atoms with Crippen LogP contribution in [-0.4, -0.2) is 9.55 Å². The van der Waals surface area contributed by atoms with Gasteiger partial charge in [0.2, 0.25) is 5.95 Å². The Bertz CT molecular complexity index is 550. The Kier molecular flexibility index (Phi) is 1.82. The number of rotatable bonds is 1. The van der Waals surface area contributed by atoms with E-state index in [4.69, 9.17) is 5.73 Å². The highest BCUT2D eigenvalue weighted by Gasteiger charge is 2.36. The van der Waals surface area contributed by atoms with Crippen LogP contribution in [0.25, 0.3) is 11.0 Å². The second-order valence-electron chi connectivity index (χ2n) is 5.15. The standard InChI is InChI=1S/C13H17N3/c1-9-4-5-11-10(8-9)15-12(14)16(11)13(2)6-3-7-13/h4-5,8H,3,6-7H2,1-2H3,(H2,14,15). The zero-order valence-corrected chi connectivity index (χ0v) is 9.83. The highest BCUT2D eigenvalue weighted by atomic mass is 15.2. The average molecular weight is 215 g/mol. The summed E-state index contributed by atoms with van der Waals surface area (Å²) >= 11 is 0. The summed E-state index contributed by atoms with van der Waals surface area (Å²) in [6.45, 7) is 4.35. The number of fused-ring (bicyclic) bond motifs is 1. The molecule has 1 saturated carbocycles. The number of nitrogens with zero attached hydrogens (tertiary/aromatic N) is 2. The quantitative estimate of drug-likeness (QED) is 0.795. The van der Waals surface area contributed by atoms with Gasteiger partial charge >= 0.3 is 0 Å². The number of nitrogen functional groups attached to an aromatic ring is 1. The van der Waals surface area contributed by atoms with Crippen LogP contribution in [0.3, 0.4) is 0 Å². The summed E-state index contributed by atoms with van der Waals surface area (Å²) in [4.78, 5) is 4.46. The topological polar surface area (TPSA) is 43.8 Å². The van der Waals surface area contributed by atoms with Crippen LogP contribution in [0.1, 0.15) is 31.7 Å². The van der Waals surface area contributed by atoms with Crippen LogP contribution in [0, 0.1) is 6.92 Å². The Hall–Kier alpha value is -1.51. The van der Waals surface area contributed by atoms with Crippen LogP contribution >= 0.6 is 0 Å². The van der Waals surface area contributed by atoms with Gasteiger partial charge in [0.25, 0.3) is 0 Å². The molecular weight excluding hydrogens is 198 g/mol. The van der Waals surface area contributed by atoms with Crippen LogP contribution < -0.4 is 5.73 Å². The number of aryl methyl sites for hydroxylation is 1. The van der Waals surface area contributed by atoms with Gasteiger partial charge in [-0.2, -0.15) is 0 Å². The number of imidazole rings is 1. The first-order valence-corrected chi connectivity index (χ1v) is 5.85. The van der Waals surface area contributed by atoms with Gasteiger partial charge in [0, 0.05) is 5.54 Å². The maximum absolute atomic E-state index is 6.05. The lowest BCUT2D eigenvalue weighted by Gasteiger charge is -2.40. The third-order valence-corrected chi connectivity index (χ3v) is 3.81. The maximum Gasteiger partial charge on any atom is 0.201 e. The Morgan fingerprint density at radius 1 is 1.38 bits per heavy atom. The monoisotopic (exact) mass is 215 g/mol. The van der Waals surface area contributed by atoms with Crippen molar-refractivity contribution in [3.8, 4) is 0 Å². The molecule has 1 fully saturated rings. The van der Waals surface area contributed by atoms with Gasteiger partial charge in [0.1, 0.15) is 0 Å². The van der Waals surface area contributed by atoms with Crippen LogP contribution in [0.5, 0.6) is 0 Å². The third-order valence-electron chi connectivity index (χ3n) is 3.81. The predicted octanol–water partition coefficient (Wildman–Crippen LogP) is 2.83. The van der Waals surface area contributed by atoms with Gasteiger partial charge in [0.15, 0.2) is 0 Å². The van der Waals surface area contributed by atoms with E-state index in [9.17, 15) is 0 Å². The number of benzene rings is 1. The molecule has 1 heterocycles. The van der Waals surface area contributed by atoms with Crippen molar-refractivity contribution >= 4 is 17.0 Å². The molecule has 0 atom stereocenters. The van der Waals surface area contributed by atoms with Crippen molar-refractivity contribution in [3.63, 3.8) is 0 Å². The highest BCUT2D eigenvalue weighted by molar-refractivity contribution is 5.79. The minimum atomic E-state index is 0.189. The summed E-state index contributed by atoms with van der Waals surface area (Å²) in [6.07, 6.45) is 3.70. The molecule has 1 aliphatic carbocycles. The zero-order valence-electron chi connectivity index (χ0n) is 9.83. The largest absolute Gasteiger partial charge is 0.369 e. The molecule has 2 N–H and O–H groups in total. The lowest BCUT2D eigenvalue weighted by Crippen LogP contribution is -2.37. The molecule has 84 valence electrons. The van der Waals surface area contributed by atoms with Crippen LogP contribution in [0.2, 0.25) is 0 Å². The van der Waals surface area contributed by atoms with Crippen molar-refractivity contribution in [2.75, 3.05) is 5.73 Å². The second kappa shape index (κ2) is 3.00. The lowest BCUT2D eigenvalue weighted by molar-refractivity contribution is 0.177. The smallest absolute Gasteiger partial charge is 0.201 e. The van der Waals surface area contributed by atoms with E-state index < -0.39 is 0 Å². The molecule has 1 aliphatic rings. The SMILES string of the molecule is Cc1ccc2c(c1)nc(N)n2C1(C)CCC1. The summed E-state index contributed by atoms with van der Waals surface area (Å²) in [5.41, 5.74) is 9.66. The molecule has 1 aromatic carbocycles. The van der Waals surface area contributed by atoms with Gasteiger partial charge in [-0.15, -0.1) is 0 Å². The van der Waals surface area contributed by atoms with Crippen molar-refractivity contribution in [2.24, 2.45) is 0 Å². The van der Waals surface area contributed by atoms with E-state index in [1.165, 1.54) is 30.3 Å². The molecule has 3 nitrogen and oxygen atoms in total. The fourth-order valence-corrected chi connectivity index (χ4v) is 2.69. The summed E-state index contributed by atoms with van der Waals surface area (Å²) in [5.74, 6) is 0.655. The first kappa shape index (κ1) is 9.70. The van der Waals surface area contributed by atoms with Crippen molar-refractivity contribution in [2.45, 2.75) is 38.6 Å². The van der Waals surface area contributed by atoms with Crippen LogP contribution in [0.15, 0.2) is 18.2 Å². The third kappa shape index (κ3) is 1.17.